The van der Waals surface area contributed by atoms with Crippen LogP contribution in [0.15, 0.2) is 42.5 Å². The van der Waals surface area contributed by atoms with E-state index in [4.69, 9.17) is 14.2 Å². The Morgan fingerprint density at radius 2 is 1.81 bits per heavy atom. The van der Waals surface area contributed by atoms with E-state index in [1.165, 1.54) is 7.11 Å². The molecule has 1 fully saturated rings. The van der Waals surface area contributed by atoms with Crippen molar-refractivity contribution in [1.82, 2.24) is 15.5 Å². The van der Waals surface area contributed by atoms with E-state index in [0.29, 0.717) is 49.7 Å². The third-order valence-electron chi connectivity index (χ3n) is 6.48. The molecule has 2 aromatic carbocycles. The molecule has 0 radical (unpaired) electrons. The minimum absolute atomic E-state index is 0.0614. The molecule has 0 saturated carbocycles. The van der Waals surface area contributed by atoms with Gasteiger partial charge in [0.15, 0.2) is 18.1 Å². The van der Waals surface area contributed by atoms with Gasteiger partial charge < -0.3 is 29.7 Å². The van der Waals surface area contributed by atoms with Gasteiger partial charge in [0, 0.05) is 25.9 Å². The highest BCUT2D eigenvalue weighted by Crippen LogP contribution is 2.29. The van der Waals surface area contributed by atoms with Crippen LogP contribution < -0.4 is 24.8 Å². The summed E-state index contributed by atoms with van der Waals surface area (Å²) in [4.78, 5) is 39.8. The van der Waals surface area contributed by atoms with Gasteiger partial charge in [-0.2, -0.15) is 0 Å². The minimum atomic E-state index is -0.368. The van der Waals surface area contributed by atoms with Gasteiger partial charge in [0.05, 0.1) is 19.7 Å². The van der Waals surface area contributed by atoms with Crippen LogP contribution in [0.3, 0.4) is 0 Å². The van der Waals surface area contributed by atoms with Crippen molar-refractivity contribution in [2.75, 3.05) is 26.8 Å². The van der Waals surface area contributed by atoms with Gasteiger partial charge in [-0.25, -0.2) is 0 Å². The molecule has 0 spiro atoms. The van der Waals surface area contributed by atoms with Crippen LogP contribution in [0.25, 0.3) is 0 Å². The summed E-state index contributed by atoms with van der Waals surface area (Å²) in [6.07, 6.45) is 0.852. The number of rotatable bonds is 3. The van der Waals surface area contributed by atoms with Crippen LogP contribution in [0, 0.1) is 5.92 Å². The Hall–Kier alpha value is -3.75. The molecule has 37 heavy (non-hydrogen) atoms. The van der Waals surface area contributed by atoms with Gasteiger partial charge in [-0.15, -0.1) is 0 Å². The van der Waals surface area contributed by atoms with Gasteiger partial charge in [0.1, 0.15) is 11.9 Å². The van der Waals surface area contributed by atoms with Gasteiger partial charge in [-0.05, 0) is 47.7 Å². The van der Waals surface area contributed by atoms with Gasteiger partial charge in [0.25, 0.3) is 5.91 Å². The van der Waals surface area contributed by atoms with E-state index >= 15 is 0 Å². The summed E-state index contributed by atoms with van der Waals surface area (Å²) in [6, 6.07) is 12.5. The Morgan fingerprint density at radius 3 is 2.54 bits per heavy atom. The first-order valence-electron chi connectivity index (χ1n) is 12.7. The molecule has 198 valence electrons. The number of aryl methyl sites for hydroxylation is 1. The molecule has 5 heterocycles. The molecule has 1 saturated heterocycles. The van der Waals surface area contributed by atoms with E-state index in [-0.39, 0.29) is 48.8 Å². The van der Waals surface area contributed by atoms with Crippen LogP contribution in [0.2, 0.25) is 0 Å². The Kier molecular flexibility index (Phi) is 8.53. The molecule has 9 heteroatoms. The predicted molar refractivity (Wildman–Crippen MR) is 137 cm³/mol. The first-order chi connectivity index (χ1) is 17.8. The maximum absolute atomic E-state index is 12.9. The van der Waals surface area contributed by atoms with Crippen molar-refractivity contribution in [3.8, 4) is 17.2 Å². The van der Waals surface area contributed by atoms with E-state index in [0.717, 1.165) is 11.1 Å². The summed E-state index contributed by atoms with van der Waals surface area (Å²) in [5.41, 5.74) is 1.81. The number of likely N-dealkylation sites (tertiary alicyclic amines) is 1. The van der Waals surface area contributed by atoms with Gasteiger partial charge in [-0.3, -0.25) is 14.4 Å². The highest BCUT2D eigenvalue weighted by atomic mass is 16.5. The molecular weight excluding hydrogens is 474 g/mol. The third-order valence-corrected chi connectivity index (χ3v) is 6.48. The van der Waals surface area contributed by atoms with E-state index in [9.17, 15) is 14.4 Å². The zero-order chi connectivity index (χ0) is 26.4. The standard InChI is InChI=1S/C28H35N3O6/c1-18(2)12-28(34)31-15-22-25(16-31)37-21-8-4-20(5-9-21)14-29-27(33)17-36-23-10-6-19(13-24(23)35-3)7-11-26(32)30-22/h4-6,8-10,13,18,22,25H,7,11-12,14-17H2,1-3H3,(H,29,33)(H,30,32)/t22-,25-/m0/s1. The first-order valence-corrected chi connectivity index (χ1v) is 12.7. The summed E-state index contributed by atoms with van der Waals surface area (Å²) < 4.78 is 17.3. The first kappa shape index (κ1) is 26.3. The Bertz CT molecular complexity index is 1120. The average molecular weight is 510 g/mol. The van der Waals surface area contributed by atoms with E-state index in [1.807, 2.05) is 50.2 Å². The molecule has 0 aliphatic carbocycles. The second-order valence-electron chi connectivity index (χ2n) is 9.92. The fourth-order valence-electron chi connectivity index (χ4n) is 4.49. The Labute approximate surface area is 217 Å². The lowest BCUT2D eigenvalue weighted by molar-refractivity contribution is -0.131. The SMILES string of the molecule is COc1cc2ccc1OCC(=O)NCc1ccc(cc1)O[C@H]1CN(C(=O)CC(C)C)C[C@@H]1NC(=O)CC2. The zero-order valence-corrected chi connectivity index (χ0v) is 21.6. The number of hydrogen-bond acceptors (Lipinski definition) is 6. The molecule has 7 rings (SSSR count). The lowest BCUT2D eigenvalue weighted by atomic mass is 10.1. The quantitative estimate of drug-likeness (QED) is 0.659. The second kappa shape index (κ2) is 12.0. The normalized spacial score (nSPS) is 20.5. The van der Waals surface area contributed by atoms with E-state index < -0.39 is 0 Å². The number of hydrogen-bond donors (Lipinski definition) is 2. The second-order valence-corrected chi connectivity index (χ2v) is 9.92. The maximum atomic E-state index is 12.9. The van der Waals surface area contributed by atoms with Crippen LogP contribution in [0.4, 0.5) is 0 Å². The molecule has 5 aliphatic rings. The molecular formula is C28H35N3O6. The number of nitrogens with zero attached hydrogens (tertiary/aromatic N) is 1. The van der Waals surface area contributed by atoms with Crippen molar-refractivity contribution >= 4 is 17.7 Å². The molecule has 2 N–H and O–H groups in total. The number of carbonyl (C=O) groups is 3. The summed E-state index contributed by atoms with van der Waals surface area (Å²) in [7, 11) is 1.54. The summed E-state index contributed by atoms with van der Waals surface area (Å²) in [5.74, 6) is 1.54. The highest BCUT2D eigenvalue weighted by Gasteiger charge is 2.37. The van der Waals surface area contributed by atoms with Crippen molar-refractivity contribution in [1.29, 1.82) is 0 Å². The van der Waals surface area contributed by atoms with Crippen LogP contribution in [-0.4, -0.2) is 61.6 Å². The van der Waals surface area contributed by atoms with Crippen molar-refractivity contribution in [3.63, 3.8) is 0 Å². The van der Waals surface area contributed by atoms with Crippen molar-refractivity contribution < 1.29 is 28.6 Å². The molecule has 5 aliphatic heterocycles. The smallest absolute Gasteiger partial charge is 0.258 e. The molecule has 9 nitrogen and oxygen atoms in total. The summed E-state index contributed by atoms with van der Waals surface area (Å²) in [6.45, 7) is 5.05. The predicted octanol–water partition coefficient (Wildman–Crippen LogP) is 2.46. The number of ether oxygens (including phenoxy) is 3. The van der Waals surface area contributed by atoms with Crippen LogP contribution >= 0.6 is 0 Å². The fraction of sp³-hybridized carbons (Fsp3) is 0.464. The summed E-state index contributed by atoms with van der Waals surface area (Å²) >= 11 is 0. The van der Waals surface area contributed by atoms with Crippen LogP contribution in [0.5, 0.6) is 17.2 Å². The molecule has 4 bridgehead atoms. The maximum Gasteiger partial charge on any atom is 0.258 e. The third kappa shape index (κ3) is 7.15. The molecule has 2 atom stereocenters. The highest BCUT2D eigenvalue weighted by molar-refractivity contribution is 5.79. The Morgan fingerprint density at radius 1 is 1.05 bits per heavy atom. The lowest BCUT2D eigenvalue weighted by Crippen LogP contribution is -2.45. The minimum Gasteiger partial charge on any atom is -0.493 e. The van der Waals surface area contributed by atoms with Gasteiger partial charge in [0.2, 0.25) is 11.8 Å². The number of methoxy groups -OCH3 is 1. The monoisotopic (exact) mass is 509 g/mol. The Balaban J connectivity index is 1.55. The van der Waals surface area contributed by atoms with Crippen molar-refractivity contribution in [3.05, 3.63) is 53.6 Å². The van der Waals surface area contributed by atoms with E-state index in [1.54, 1.807) is 11.0 Å². The number of carbonyl (C=O) groups excluding carboxylic acids is 3. The van der Waals surface area contributed by atoms with Crippen LogP contribution in [-0.2, 0) is 27.3 Å². The lowest BCUT2D eigenvalue weighted by Gasteiger charge is -2.21. The van der Waals surface area contributed by atoms with Crippen molar-refractivity contribution in [2.45, 2.75) is 51.8 Å². The molecule has 0 aromatic heterocycles. The molecule has 2 aromatic rings. The largest absolute Gasteiger partial charge is 0.493 e. The fourth-order valence-corrected chi connectivity index (χ4v) is 4.49. The van der Waals surface area contributed by atoms with Crippen molar-refractivity contribution in [2.24, 2.45) is 5.92 Å². The number of nitrogens with one attached hydrogen (secondary N) is 2. The van der Waals surface area contributed by atoms with Gasteiger partial charge >= 0.3 is 0 Å². The summed E-state index contributed by atoms with van der Waals surface area (Å²) in [5, 5.41) is 5.94. The number of benzene rings is 2. The average Bonchev–Trinajstić information content (AvgIpc) is 3.27. The van der Waals surface area contributed by atoms with E-state index in [2.05, 4.69) is 10.6 Å². The number of amides is 3. The zero-order valence-electron chi connectivity index (χ0n) is 21.6. The van der Waals surface area contributed by atoms with Gasteiger partial charge in [-0.1, -0.05) is 32.0 Å². The molecule has 0 unspecified atom stereocenters. The van der Waals surface area contributed by atoms with Crippen LogP contribution in [0.1, 0.15) is 37.8 Å². The molecule has 3 amide bonds. The topological polar surface area (TPSA) is 106 Å².